The number of fused-ring (bicyclic) bond motifs is 1. The Balaban J connectivity index is 1.38. The van der Waals surface area contributed by atoms with Crippen LogP contribution in [0.1, 0.15) is 66.8 Å². The molecule has 2 aliphatic carbocycles. The van der Waals surface area contributed by atoms with Crippen LogP contribution in [0.15, 0.2) is 6.07 Å². The van der Waals surface area contributed by atoms with Crippen molar-refractivity contribution >= 4 is 17.2 Å². The standard InChI is InChI=1S/C17H26N2OS/c1-12(16-11-13-5-2-3-6-15(13)21-16)18-10-4-7-17(20)19-14-8-9-14/h11-12,14,18H,2-10H2,1H3,(H,19,20). The second kappa shape index (κ2) is 6.93. The predicted molar refractivity (Wildman–Crippen MR) is 87.8 cm³/mol. The summed E-state index contributed by atoms with van der Waals surface area (Å²) < 4.78 is 0. The Morgan fingerprint density at radius 3 is 2.95 bits per heavy atom. The molecular weight excluding hydrogens is 280 g/mol. The number of thiophene rings is 1. The van der Waals surface area contributed by atoms with Gasteiger partial charge in [-0.25, -0.2) is 0 Å². The van der Waals surface area contributed by atoms with Gasteiger partial charge in [-0.1, -0.05) is 0 Å². The molecule has 0 aliphatic heterocycles. The van der Waals surface area contributed by atoms with Crippen molar-refractivity contribution in [2.45, 2.75) is 70.4 Å². The number of rotatable bonds is 7. The molecule has 1 fully saturated rings. The maximum absolute atomic E-state index is 11.6. The van der Waals surface area contributed by atoms with E-state index in [9.17, 15) is 4.79 Å². The number of nitrogens with one attached hydrogen (secondary N) is 2. The van der Waals surface area contributed by atoms with Crippen molar-refractivity contribution in [2.24, 2.45) is 0 Å². The second-order valence-electron chi connectivity index (χ2n) is 6.43. The van der Waals surface area contributed by atoms with Crippen LogP contribution < -0.4 is 10.6 Å². The van der Waals surface area contributed by atoms with Crippen LogP contribution in [-0.2, 0) is 17.6 Å². The number of carbonyl (C=O) groups excluding carboxylic acids is 1. The third kappa shape index (κ3) is 4.30. The highest BCUT2D eigenvalue weighted by atomic mass is 32.1. The summed E-state index contributed by atoms with van der Waals surface area (Å²) in [5.74, 6) is 0.221. The Morgan fingerprint density at radius 1 is 1.38 bits per heavy atom. The van der Waals surface area contributed by atoms with Crippen molar-refractivity contribution in [3.05, 3.63) is 21.4 Å². The van der Waals surface area contributed by atoms with E-state index in [1.165, 1.54) is 43.4 Å². The van der Waals surface area contributed by atoms with E-state index in [2.05, 4.69) is 23.6 Å². The fraction of sp³-hybridized carbons (Fsp3) is 0.706. The van der Waals surface area contributed by atoms with Gasteiger partial charge < -0.3 is 10.6 Å². The molecule has 3 rings (SSSR count). The maximum atomic E-state index is 11.6. The zero-order valence-electron chi connectivity index (χ0n) is 12.9. The maximum Gasteiger partial charge on any atom is 0.220 e. The summed E-state index contributed by atoms with van der Waals surface area (Å²) in [5, 5.41) is 6.60. The van der Waals surface area contributed by atoms with Crippen LogP contribution in [0.5, 0.6) is 0 Å². The fourth-order valence-electron chi connectivity index (χ4n) is 2.92. The summed E-state index contributed by atoms with van der Waals surface area (Å²) in [4.78, 5) is 14.7. The first kappa shape index (κ1) is 15.0. The monoisotopic (exact) mass is 306 g/mol. The van der Waals surface area contributed by atoms with E-state index in [1.807, 2.05) is 11.3 Å². The van der Waals surface area contributed by atoms with Gasteiger partial charge in [-0.15, -0.1) is 11.3 Å². The van der Waals surface area contributed by atoms with Gasteiger partial charge in [-0.05, 0) is 70.0 Å². The van der Waals surface area contributed by atoms with Crippen molar-refractivity contribution < 1.29 is 4.79 Å². The second-order valence-corrected chi connectivity index (χ2v) is 7.59. The Bertz CT molecular complexity index is 469. The normalized spacial score (nSPS) is 19.1. The molecule has 1 unspecified atom stereocenters. The molecule has 0 bridgehead atoms. The van der Waals surface area contributed by atoms with Gasteiger partial charge in [0, 0.05) is 28.3 Å². The average Bonchev–Trinajstić information content (AvgIpc) is 3.18. The molecule has 21 heavy (non-hydrogen) atoms. The Morgan fingerprint density at radius 2 is 2.19 bits per heavy atom. The molecule has 1 aromatic rings. The van der Waals surface area contributed by atoms with Crippen LogP contribution in [0.4, 0.5) is 0 Å². The molecule has 0 aromatic carbocycles. The highest BCUT2D eigenvalue weighted by molar-refractivity contribution is 7.12. The van der Waals surface area contributed by atoms with Gasteiger partial charge in [-0.3, -0.25) is 4.79 Å². The lowest BCUT2D eigenvalue weighted by atomic mass is 9.99. The van der Waals surface area contributed by atoms with Gasteiger partial charge in [0.15, 0.2) is 0 Å². The molecule has 1 atom stereocenters. The molecule has 2 aliphatic rings. The summed E-state index contributed by atoms with van der Waals surface area (Å²) in [6, 6.07) is 3.30. The SMILES string of the molecule is CC(NCCCC(=O)NC1CC1)c1cc2c(s1)CCCC2. The predicted octanol–water partition coefficient (Wildman–Crippen LogP) is 3.34. The van der Waals surface area contributed by atoms with E-state index in [0.29, 0.717) is 18.5 Å². The molecule has 0 radical (unpaired) electrons. The largest absolute Gasteiger partial charge is 0.353 e. The zero-order valence-corrected chi connectivity index (χ0v) is 13.7. The third-order valence-corrected chi connectivity index (χ3v) is 5.84. The Labute approximate surface area is 131 Å². The van der Waals surface area contributed by atoms with Crippen LogP contribution in [0, 0.1) is 0 Å². The van der Waals surface area contributed by atoms with Gasteiger partial charge in [0.2, 0.25) is 5.91 Å². The molecule has 0 spiro atoms. The minimum absolute atomic E-state index is 0.221. The van der Waals surface area contributed by atoms with E-state index in [0.717, 1.165) is 13.0 Å². The van der Waals surface area contributed by atoms with Gasteiger partial charge >= 0.3 is 0 Å². The van der Waals surface area contributed by atoms with Crippen LogP contribution in [0.25, 0.3) is 0 Å². The van der Waals surface area contributed by atoms with Crippen molar-refractivity contribution in [2.75, 3.05) is 6.54 Å². The summed E-state index contributed by atoms with van der Waals surface area (Å²) in [6.45, 7) is 3.16. The van der Waals surface area contributed by atoms with Crippen molar-refractivity contribution in [3.8, 4) is 0 Å². The highest BCUT2D eigenvalue weighted by Gasteiger charge is 2.22. The number of aryl methyl sites for hydroxylation is 2. The smallest absolute Gasteiger partial charge is 0.220 e. The molecule has 3 nitrogen and oxygen atoms in total. The number of hydrogen-bond donors (Lipinski definition) is 2. The van der Waals surface area contributed by atoms with Crippen molar-refractivity contribution in [1.82, 2.24) is 10.6 Å². The molecule has 1 saturated carbocycles. The summed E-state index contributed by atoms with van der Waals surface area (Å²) >= 11 is 1.98. The number of amides is 1. The lowest BCUT2D eigenvalue weighted by Gasteiger charge is -2.11. The number of carbonyl (C=O) groups is 1. The number of hydrogen-bond acceptors (Lipinski definition) is 3. The van der Waals surface area contributed by atoms with Gasteiger partial charge in [0.05, 0.1) is 0 Å². The Hall–Kier alpha value is -0.870. The Kier molecular flexibility index (Phi) is 4.96. The summed E-state index contributed by atoms with van der Waals surface area (Å²) in [6.07, 6.45) is 9.15. The summed E-state index contributed by atoms with van der Waals surface area (Å²) in [5.41, 5.74) is 1.58. The van der Waals surface area contributed by atoms with Crippen LogP contribution in [0.2, 0.25) is 0 Å². The van der Waals surface area contributed by atoms with E-state index < -0.39 is 0 Å². The molecule has 2 N–H and O–H groups in total. The first-order chi connectivity index (χ1) is 10.2. The lowest BCUT2D eigenvalue weighted by molar-refractivity contribution is -0.121. The molecule has 4 heteroatoms. The van der Waals surface area contributed by atoms with Gasteiger partial charge in [0.25, 0.3) is 0 Å². The lowest BCUT2D eigenvalue weighted by Crippen LogP contribution is -2.26. The molecule has 0 saturated heterocycles. The zero-order chi connectivity index (χ0) is 14.7. The van der Waals surface area contributed by atoms with E-state index in [4.69, 9.17) is 0 Å². The van der Waals surface area contributed by atoms with Crippen LogP contribution in [-0.4, -0.2) is 18.5 Å². The average molecular weight is 306 g/mol. The molecule has 1 heterocycles. The van der Waals surface area contributed by atoms with Crippen LogP contribution >= 0.6 is 11.3 Å². The third-order valence-electron chi connectivity index (χ3n) is 4.42. The highest BCUT2D eigenvalue weighted by Crippen LogP contribution is 2.32. The van der Waals surface area contributed by atoms with Gasteiger partial charge in [-0.2, -0.15) is 0 Å². The fourth-order valence-corrected chi connectivity index (χ4v) is 4.21. The summed E-state index contributed by atoms with van der Waals surface area (Å²) in [7, 11) is 0. The van der Waals surface area contributed by atoms with Crippen molar-refractivity contribution in [3.63, 3.8) is 0 Å². The van der Waals surface area contributed by atoms with E-state index >= 15 is 0 Å². The molecular formula is C17H26N2OS. The van der Waals surface area contributed by atoms with Crippen molar-refractivity contribution in [1.29, 1.82) is 0 Å². The van der Waals surface area contributed by atoms with Crippen LogP contribution in [0.3, 0.4) is 0 Å². The molecule has 1 amide bonds. The van der Waals surface area contributed by atoms with E-state index in [1.54, 1.807) is 10.4 Å². The topological polar surface area (TPSA) is 41.1 Å². The first-order valence-electron chi connectivity index (χ1n) is 8.36. The first-order valence-corrected chi connectivity index (χ1v) is 9.18. The molecule has 116 valence electrons. The quantitative estimate of drug-likeness (QED) is 0.759. The molecule has 1 aromatic heterocycles. The van der Waals surface area contributed by atoms with Gasteiger partial charge in [0.1, 0.15) is 0 Å². The minimum Gasteiger partial charge on any atom is -0.353 e. The van der Waals surface area contributed by atoms with E-state index in [-0.39, 0.29) is 5.91 Å². The minimum atomic E-state index is 0.221.